The molecule has 0 amide bonds. The van der Waals surface area contributed by atoms with Crippen LogP contribution in [0.2, 0.25) is 0 Å². The minimum Gasteiger partial charge on any atom is -0.314 e. The molecule has 0 fully saturated rings. The Kier molecular flexibility index (Phi) is 3.14. The molecule has 0 aromatic heterocycles. The molecule has 11 heavy (non-hydrogen) atoms. The van der Waals surface area contributed by atoms with E-state index in [1.54, 1.807) is 12.1 Å². The van der Waals surface area contributed by atoms with Crippen molar-refractivity contribution < 1.29 is 8.98 Å². The smallest absolute Gasteiger partial charge is 0.150 e. The van der Waals surface area contributed by atoms with E-state index >= 15 is 0 Å². The fraction of sp³-hybridized carbons (Fsp3) is 0.125. The van der Waals surface area contributed by atoms with Crippen molar-refractivity contribution in [2.75, 3.05) is 0 Å². The van der Waals surface area contributed by atoms with Crippen LogP contribution in [0.25, 0.3) is 0 Å². The van der Waals surface area contributed by atoms with Crippen molar-refractivity contribution in [3.05, 3.63) is 35.4 Å². The molecule has 0 heterocycles. The molecule has 0 radical (unpaired) electrons. The van der Waals surface area contributed by atoms with Crippen LogP contribution in [0.3, 0.4) is 0 Å². The van der Waals surface area contributed by atoms with Crippen LogP contribution in [0.15, 0.2) is 24.3 Å². The molecule has 3 heteroatoms. The van der Waals surface area contributed by atoms with Gasteiger partial charge in [0.1, 0.15) is 6.29 Å². The number of carbonyl (C=O) groups excluding carboxylic acids is 1. The van der Waals surface area contributed by atoms with E-state index in [2.05, 4.69) is 17.1 Å². The van der Waals surface area contributed by atoms with Crippen LogP contribution < -0.4 is 0 Å². The molecule has 1 aromatic rings. The summed E-state index contributed by atoms with van der Waals surface area (Å²) in [6.45, 7) is 0.461. The highest BCUT2D eigenvalue weighted by molar-refractivity contribution is 7.75. The van der Waals surface area contributed by atoms with Gasteiger partial charge in [0.15, 0.2) is 0 Å². The topological polar surface area (TPSA) is 26.3 Å². The summed E-state index contributed by atoms with van der Waals surface area (Å²) in [6, 6.07) is 7.16. The van der Waals surface area contributed by atoms with E-state index in [4.69, 9.17) is 0 Å². The average molecular weight is 168 g/mol. The Morgan fingerprint density at radius 3 is 2.45 bits per heavy atom. The maximum Gasteiger partial charge on any atom is 0.150 e. The van der Waals surface area contributed by atoms with Gasteiger partial charge in [-0.25, -0.2) is 0 Å². The van der Waals surface area contributed by atoms with Crippen LogP contribution >= 0.6 is 12.9 Å². The first kappa shape index (κ1) is 8.30. The molecule has 1 aromatic carbocycles. The molecule has 0 spiro atoms. The number of hydrogen-bond acceptors (Lipinski definition) is 3. The molecule has 0 saturated carbocycles. The number of aldehydes is 1. The molecule has 0 aliphatic rings. The minimum absolute atomic E-state index is 0.461. The predicted molar refractivity (Wildman–Crippen MR) is 45.6 cm³/mol. The largest absolute Gasteiger partial charge is 0.314 e. The van der Waals surface area contributed by atoms with Crippen LogP contribution in [0, 0.1) is 0 Å². The molecule has 0 aliphatic heterocycles. The van der Waals surface area contributed by atoms with Gasteiger partial charge >= 0.3 is 0 Å². The van der Waals surface area contributed by atoms with E-state index in [0.29, 0.717) is 12.2 Å². The van der Waals surface area contributed by atoms with Gasteiger partial charge in [-0.1, -0.05) is 24.3 Å². The maximum absolute atomic E-state index is 10.2. The van der Waals surface area contributed by atoms with E-state index in [1.807, 2.05) is 12.1 Å². The monoisotopic (exact) mass is 168 g/mol. The third kappa shape index (κ3) is 2.37. The first-order valence-corrected chi connectivity index (χ1v) is 3.54. The first-order valence-electron chi connectivity index (χ1n) is 3.17. The van der Waals surface area contributed by atoms with Gasteiger partial charge in [0.05, 0.1) is 6.61 Å². The highest BCUT2D eigenvalue weighted by Gasteiger charge is 1.91. The second-order valence-corrected chi connectivity index (χ2v) is 2.39. The molecular weight excluding hydrogens is 160 g/mol. The molecule has 0 unspecified atom stereocenters. The normalized spacial score (nSPS) is 9.55. The van der Waals surface area contributed by atoms with E-state index in [9.17, 15) is 4.79 Å². The summed E-state index contributed by atoms with van der Waals surface area (Å²) in [5.41, 5.74) is 1.68. The van der Waals surface area contributed by atoms with Crippen molar-refractivity contribution in [2.45, 2.75) is 6.61 Å². The summed E-state index contributed by atoms with van der Waals surface area (Å²) < 4.78 is 4.61. The molecule has 0 N–H and O–H groups in total. The number of hydrogen-bond donors (Lipinski definition) is 1. The van der Waals surface area contributed by atoms with Gasteiger partial charge < -0.3 is 4.18 Å². The predicted octanol–water partition coefficient (Wildman–Crippen LogP) is 1.86. The highest BCUT2D eigenvalue weighted by atomic mass is 32.1. The molecule has 0 aliphatic carbocycles. The van der Waals surface area contributed by atoms with Crippen LogP contribution in [0.1, 0.15) is 15.9 Å². The number of rotatable bonds is 3. The lowest BCUT2D eigenvalue weighted by molar-refractivity contribution is 0.112. The van der Waals surface area contributed by atoms with Crippen molar-refractivity contribution in [3.8, 4) is 0 Å². The lowest BCUT2D eigenvalue weighted by Gasteiger charge is -1.96. The SMILES string of the molecule is O=Cc1ccc(COS)cc1. The lowest BCUT2D eigenvalue weighted by atomic mass is 10.2. The van der Waals surface area contributed by atoms with Gasteiger partial charge in [0.25, 0.3) is 0 Å². The number of carbonyl (C=O) groups is 1. The summed E-state index contributed by atoms with van der Waals surface area (Å²) in [4.78, 5) is 10.2. The summed E-state index contributed by atoms with van der Waals surface area (Å²) in [7, 11) is 0. The molecular formula is C8H8O2S. The van der Waals surface area contributed by atoms with Gasteiger partial charge in [0, 0.05) is 5.56 Å². The Hall–Kier alpha value is -0.800. The van der Waals surface area contributed by atoms with E-state index in [-0.39, 0.29) is 0 Å². The highest BCUT2D eigenvalue weighted by Crippen LogP contribution is 2.04. The first-order chi connectivity index (χ1) is 5.36. The van der Waals surface area contributed by atoms with Gasteiger partial charge in [-0.05, 0) is 18.5 Å². The molecule has 58 valence electrons. The fourth-order valence-corrected chi connectivity index (χ4v) is 0.916. The lowest BCUT2D eigenvalue weighted by Crippen LogP contribution is -1.85. The van der Waals surface area contributed by atoms with Gasteiger partial charge in [-0.15, -0.1) is 0 Å². The average Bonchev–Trinajstić information content (AvgIpc) is 2.07. The van der Waals surface area contributed by atoms with Crippen LogP contribution in [0.4, 0.5) is 0 Å². The van der Waals surface area contributed by atoms with E-state index in [0.717, 1.165) is 11.8 Å². The second kappa shape index (κ2) is 4.16. The number of benzene rings is 1. The Morgan fingerprint density at radius 1 is 1.36 bits per heavy atom. The zero-order valence-electron chi connectivity index (χ0n) is 5.86. The van der Waals surface area contributed by atoms with Crippen LogP contribution in [0.5, 0.6) is 0 Å². The van der Waals surface area contributed by atoms with Crippen molar-refractivity contribution in [2.24, 2.45) is 0 Å². The van der Waals surface area contributed by atoms with Crippen molar-refractivity contribution >= 4 is 19.2 Å². The summed E-state index contributed by atoms with van der Waals surface area (Å²) >= 11 is 3.61. The summed E-state index contributed by atoms with van der Waals surface area (Å²) in [5, 5.41) is 0. The fourth-order valence-electron chi connectivity index (χ4n) is 0.767. The second-order valence-electron chi connectivity index (χ2n) is 2.13. The Labute approximate surface area is 70.8 Å². The molecule has 2 nitrogen and oxygen atoms in total. The minimum atomic E-state index is 0.461. The Bertz CT molecular complexity index is 230. The summed E-state index contributed by atoms with van der Waals surface area (Å²) in [5.74, 6) is 0. The Balaban J connectivity index is 2.74. The van der Waals surface area contributed by atoms with Crippen molar-refractivity contribution in [1.82, 2.24) is 0 Å². The van der Waals surface area contributed by atoms with Crippen molar-refractivity contribution in [1.29, 1.82) is 0 Å². The maximum atomic E-state index is 10.2. The summed E-state index contributed by atoms with van der Waals surface area (Å²) in [6.07, 6.45) is 0.811. The molecule has 1 rings (SSSR count). The molecule has 0 atom stereocenters. The number of thiol groups is 1. The van der Waals surface area contributed by atoms with Crippen LogP contribution in [-0.2, 0) is 10.8 Å². The van der Waals surface area contributed by atoms with Gasteiger partial charge in [-0.3, -0.25) is 4.79 Å². The van der Waals surface area contributed by atoms with Crippen LogP contribution in [-0.4, -0.2) is 6.29 Å². The standard InChI is InChI=1S/C8H8O2S/c9-5-7-1-3-8(4-2-7)6-10-11/h1-5,11H,6H2. The van der Waals surface area contributed by atoms with Gasteiger partial charge in [0.2, 0.25) is 0 Å². The van der Waals surface area contributed by atoms with E-state index in [1.165, 1.54) is 0 Å². The molecule has 0 saturated heterocycles. The zero-order valence-corrected chi connectivity index (χ0v) is 6.75. The molecule has 0 bridgehead atoms. The van der Waals surface area contributed by atoms with E-state index < -0.39 is 0 Å². The van der Waals surface area contributed by atoms with Crippen molar-refractivity contribution in [3.63, 3.8) is 0 Å². The zero-order chi connectivity index (χ0) is 8.10. The third-order valence-electron chi connectivity index (χ3n) is 1.35. The Morgan fingerprint density at radius 2 is 2.00 bits per heavy atom. The van der Waals surface area contributed by atoms with Gasteiger partial charge in [-0.2, -0.15) is 0 Å². The quantitative estimate of drug-likeness (QED) is 0.423. The third-order valence-corrected chi connectivity index (χ3v) is 1.48.